The summed E-state index contributed by atoms with van der Waals surface area (Å²) in [4.78, 5) is 0. The monoisotopic (exact) mass is 238 g/mol. The minimum absolute atomic E-state index is 0.208. The summed E-state index contributed by atoms with van der Waals surface area (Å²) >= 11 is 0. The van der Waals surface area contributed by atoms with E-state index in [0.29, 0.717) is 5.75 Å². The average molecular weight is 238 g/mol. The van der Waals surface area contributed by atoms with Gasteiger partial charge in [0.1, 0.15) is 23.6 Å². The lowest BCUT2D eigenvalue weighted by Crippen LogP contribution is -1.92. The Balaban J connectivity index is 2.42. The maximum absolute atomic E-state index is 13.5. The normalized spacial score (nSPS) is 9.28. The molecule has 0 heterocycles. The van der Waals surface area contributed by atoms with E-state index in [-0.39, 0.29) is 16.9 Å². The summed E-state index contributed by atoms with van der Waals surface area (Å²) in [7, 11) is 0. The summed E-state index contributed by atoms with van der Waals surface area (Å²) in [5.41, 5.74) is -0.417. The van der Waals surface area contributed by atoms with Crippen LogP contribution < -0.4 is 4.74 Å². The lowest BCUT2D eigenvalue weighted by molar-refractivity contribution is 0.480. The van der Waals surface area contributed by atoms with Gasteiger partial charge < -0.3 is 4.74 Å². The second kappa shape index (κ2) is 4.99. The van der Waals surface area contributed by atoms with Crippen molar-refractivity contribution in [2.75, 3.05) is 0 Å². The van der Waals surface area contributed by atoms with Gasteiger partial charge in [-0.2, -0.15) is 10.5 Å². The Bertz CT molecular complexity index is 619. The molecule has 0 aromatic heterocycles. The minimum Gasteiger partial charge on any atom is -0.457 e. The van der Waals surface area contributed by atoms with Crippen LogP contribution in [0.1, 0.15) is 11.1 Å². The van der Waals surface area contributed by atoms with Crippen LogP contribution >= 0.6 is 0 Å². The van der Waals surface area contributed by atoms with Crippen molar-refractivity contribution in [3.8, 4) is 23.6 Å². The van der Waals surface area contributed by atoms with Gasteiger partial charge in [0.15, 0.2) is 5.82 Å². The molecule has 0 unspecified atom stereocenters. The van der Waals surface area contributed by atoms with Crippen molar-refractivity contribution in [3.05, 3.63) is 59.4 Å². The molecule has 0 saturated carbocycles. The quantitative estimate of drug-likeness (QED) is 0.805. The third-order valence-electron chi connectivity index (χ3n) is 2.27. The van der Waals surface area contributed by atoms with E-state index >= 15 is 0 Å². The van der Waals surface area contributed by atoms with Crippen LogP contribution in [0.15, 0.2) is 42.5 Å². The largest absolute Gasteiger partial charge is 0.457 e. The number of para-hydroxylation sites is 1. The fourth-order valence-electron chi connectivity index (χ4n) is 1.44. The van der Waals surface area contributed by atoms with Crippen LogP contribution in [-0.2, 0) is 0 Å². The summed E-state index contributed by atoms with van der Waals surface area (Å²) in [5, 5.41) is 17.5. The van der Waals surface area contributed by atoms with Crippen molar-refractivity contribution >= 4 is 0 Å². The Morgan fingerprint density at radius 3 is 1.94 bits per heavy atom. The molecule has 3 nitrogen and oxygen atoms in total. The maximum Gasteiger partial charge on any atom is 0.158 e. The van der Waals surface area contributed by atoms with E-state index in [0.717, 1.165) is 0 Å². The van der Waals surface area contributed by atoms with E-state index in [1.165, 1.54) is 12.1 Å². The van der Waals surface area contributed by atoms with E-state index in [9.17, 15) is 4.39 Å². The molecule has 0 bridgehead atoms. The number of hydrogen-bond donors (Lipinski definition) is 0. The van der Waals surface area contributed by atoms with Gasteiger partial charge in [-0.1, -0.05) is 18.2 Å². The SMILES string of the molecule is N#Cc1cc(Oc2ccccc2)cc(C#N)c1F. The molecule has 0 aliphatic heterocycles. The van der Waals surface area contributed by atoms with Crippen molar-refractivity contribution in [1.82, 2.24) is 0 Å². The molecule has 2 rings (SSSR count). The van der Waals surface area contributed by atoms with E-state index in [1.807, 2.05) is 6.07 Å². The zero-order valence-corrected chi connectivity index (χ0v) is 9.22. The molecule has 18 heavy (non-hydrogen) atoms. The van der Waals surface area contributed by atoms with E-state index in [4.69, 9.17) is 15.3 Å². The minimum atomic E-state index is -0.819. The average Bonchev–Trinajstić information content (AvgIpc) is 2.41. The Morgan fingerprint density at radius 2 is 1.44 bits per heavy atom. The van der Waals surface area contributed by atoms with Crippen LogP contribution in [0, 0.1) is 28.5 Å². The zero-order valence-electron chi connectivity index (χ0n) is 9.22. The predicted octanol–water partition coefficient (Wildman–Crippen LogP) is 3.36. The topological polar surface area (TPSA) is 56.8 Å². The Morgan fingerprint density at radius 1 is 0.889 bits per heavy atom. The molecule has 0 saturated heterocycles. The first kappa shape index (κ1) is 11.6. The van der Waals surface area contributed by atoms with E-state index in [1.54, 1.807) is 36.4 Å². The van der Waals surface area contributed by atoms with Crippen LogP contribution in [0.2, 0.25) is 0 Å². The number of nitriles is 2. The lowest BCUT2D eigenvalue weighted by Gasteiger charge is -2.06. The third-order valence-corrected chi connectivity index (χ3v) is 2.27. The summed E-state index contributed by atoms with van der Waals surface area (Å²) < 4.78 is 18.9. The highest BCUT2D eigenvalue weighted by Crippen LogP contribution is 2.25. The summed E-state index contributed by atoms with van der Waals surface area (Å²) in [6, 6.07) is 14.8. The summed E-state index contributed by atoms with van der Waals surface area (Å²) in [6.07, 6.45) is 0. The molecule has 86 valence electrons. The fraction of sp³-hybridized carbons (Fsp3) is 0. The lowest BCUT2D eigenvalue weighted by atomic mass is 10.1. The molecular formula is C14H7FN2O. The number of nitrogens with zero attached hydrogens (tertiary/aromatic N) is 2. The van der Waals surface area contributed by atoms with Crippen molar-refractivity contribution in [2.45, 2.75) is 0 Å². The van der Waals surface area contributed by atoms with Crippen LogP contribution in [0.25, 0.3) is 0 Å². The summed E-state index contributed by atoms with van der Waals surface area (Å²) in [6.45, 7) is 0. The maximum atomic E-state index is 13.5. The number of halogens is 1. The number of benzene rings is 2. The van der Waals surface area contributed by atoms with E-state index < -0.39 is 5.82 Å². The smallest absolute Gasteiger partial charge is 0.158 e. The molecule has 0 fully saturated rings. The van der Waals surface area contributed by atoms with Crippen LogP contribution in [0.4, 0.5) is 4.39 Å². The third kappa shape index (κ3) is 2.28. The Hall–Kier alpha value is -2.85. The number of ether oxygens (including phenoxy) is 1. The molecule has 2 aromatic carbocycles. The van der Waals surface area contributed by atoms with Gasteiger partial charge in [0, 0.05) is 12.1 Å². The number of rotatable bonds is 2. The van der Waals surface area contributed by atoms with Crippen molar-refractivity contribution in [1.29, 1.82) is 10.5 Å². The first-order chi connectivity index (χ1) is 8.74. The van der Waals surface area contributed by atoms with Gasteiger partial charge in [0.05, 0.1) is 11.1 Å². The first-order valence-electron chi connectivity index (χ1n) is 5.11. The molecular weight excluding hydrogens is 231 g/mol. The number of hydrogen-bond acceptors (Lipinski definition) is 3. The van der Waals surface area contributed by atoms with Crippen LogP contribution in [0.3, 0.4) is 0 Å². The standard InChI is InChI=1S/C14H7FN2O/c15-14-10(8-16)6-13(7-11(14)9-17)18-12-4-2-1-3-5-12/h1-7H. The highest BCUT2D eigenvalue weighted by atomic mass is 19.1. The van der Waals surface area contributed by atoms with E-state index in [2.05, 4.69) is 0 Å². The molecule has 0 atom stereocenters. The highest BCUT2D eigenvalue weighted by Gasteiger charge is 2.11. The highest BCUT2D eigenvalue weighted by molar-refractivity contribution is 5.48. The second-order valence-corrected chi connectivity index (χ2v) is 3.47. The molecule has 0 spiro atoms. The molecule has 4 heteroatoms. The van der Waals surface area contributed by atoms with Crippen molar-refractivity contribution < 1.29 is 9.13 Å². The molecule has 0 radical (unpaired) electrons. The fourth-order valence-corrected chi connectivity index (χ4v) is 1.44. The van der Waals surface area contributed by atoms with Gasteiger partial charge >= 0.3 is 0 Å². The molecule has 0 aliphatic carbocycles. The van der Waals surface area contributed by atoms with Crippen molar-refractivity contribution in [3.63, 3.8) is 0 Å². The Kier molecular flexibility index (Phi) is 3.22. The molecule has 0 N–H and O–H groups in total. The van der Waals surface area contributed by atoms with Gasteiger partial charge in [0.2, 0.25) is 0 Å². The second-order valence-electron chi connectivity index (χ2n) is 3.47. The zero-order chi connectivity index (χ0) is 13.0. The molecule has 0 amide bonds. The van der Waals surface area contributed by atoms with Crippen LogP contribution in [0.5, 0.6) is 11.5 Å². The molecule has 0 aliphatic rings. The van der Waals surface area contributed by atoms with Gasteiger partial charge in [-0.05, 0) is 12.1 Å². The van der Waals surface area contributed by atoms with Gasteiger partial charge in [0.25, 0.3) is 0 Å². The van der Waals surface area contributed by atoms with Crippen molar-refractivity contribution in [2.24, 2.45) is 0 Å². The Labute approximate surface area is 103 Å². The van der Waals surface area contributed by atoms with Gasteiger partial charge in [-0.25, -0.2) is 4.39 Å². The summed E-state index contributed by atoms with van der Waals surface area (Å²) in [5.74, 6) is -0.00648. The molecule has 2 aromatic rings. The van der Waals surface area contributed by atoms with Gasteiger partial charge in [-0.3, -0.25) is 0 Å². The van der Waals surface area contributed by atoms with Crippen LogP contribution in [-0.4, -0.2) is 0 Å². The predicted molar refractivity (Wildman–Crippen MR) is 62.3 cm³/mol. The first-order valence-corrected chi connectivity index (χ1v) is 5.11. The van der Waals surface area contributed by atoms with Gasteiger partial charge in [-0.15, -0.1) is 0 Å².